The van der Waals surface area contributed by atoms with Gasteiger partial charge in [0, 0.05) is 30.4 Å². The topological polar surface area (TPSA) is 91.3 Å². The molecule has 104 valence electrons. The first-order valence-electron chi connectivity index (χ1n) is 5.80. The third kappa shape index (κ3) is 3.07. The molecule has 6 nitrogen and oxygen atoms in total. The van der Waals surface area contributed by atoms with Crippen molar-refractivity contribution in [2.75, 3.05) is 0 Å². The zero-order valence-electron chi connectivity index (χ0n) is 10.6. The number of aromatic nitrogens is 1. The summed E-state index contributed by atoms with van der Waals surface area (Å²) >= 11 is 0. The Bertz CT molecular complexity index is 647. The van der Waals surface area contributed by atoms with E-state index in [1.54, 1.807) is 12.1 Å². The molecule has 1 aromatic carbocycles. The van der Waals surface area contributed by atoms with Crippen molar-refractivity contribution >= 4 is 5.69 Å². The molecule has 7 heteroatoms. The van der Waals surface area contributed by atoms with Gasteiger partial charge in [0.2, 0.25) is 11.7 Å². The van der Waals surface area contributed by atoms with E-state index in [1.807, 2.05) is 6.92 Å². The van der Waals surface area contributed by atoms with Crippen LogP contribution in [0.15, 0.2) is 36.5 Å². The van der Waals surface area contributed by atoms with Crippen LogP contribution in [0, 0.1) is 15.9 Å². The fourth-order valence-electron chi connectivity index (χ4n) is 1.58. The summed E-state index contributed by atoms with van der Waals surface area (Å²) in [4.78, 5) is 13.7. The van der Waals surface area contributed by atoms with Crippen LogP contribution in [0.25, 0.3) is 0 Å². The SMILES string of the molecule is C[C@H](N)c1ccnc(Oc2ccc([N+](=O)[O-])c(F)c2)c1. The van der Waals surface area contributed by atoms with E-state index in [1.165, 1.54) is 12.3 Å². The Morgan fingerprint density at radius 3 is 2.75 bits per heavy atom. The van der Waals surface area contributed by atoms with E-state index >= 15 is 0 Å². The molecule has 2 N–H and O–H groups in total. The second kappa shape index (κ2) is 5.62. The molecule has 0 aliphatic rings. The van der Waals surface area contributed by atoms with Crippen LogP contribution in [-0.4, -0.2) is 9.91 Å². The van der Waals surface area contributed by atoms with Gasteiger partial charge in [0.15, 0.2) is 0 Å². The zero-order valence-corrected chi connectivity index (χ0v) is 10.6. The van der Waals surface area contributed by atoms with Gasteiger partial charge in [0.05, 0.1) is 4.92 Å². The number of nitro groups is 1. The highest BCUT2D eigenvalue weighted by Crippen LogP contribution is 2.26. The predicted molar refractivity (Wildman–Crippen MR) is 70.0 cm³/mol. The fraction of sp³-hybridized carbons (Fsp3) is 0.154. The molecule has 0 saturated heterocycles. The van der Waals surface area contributed by atoms with E-state index in [0.29, 0.717) is 0 Å². The molecular formula is C13H12FN3O3. The third-order valence-corrected chi connectivity index (χ3v) is 2.62. The third-order valence-electron chi connectivity index (χ3n) is 2.62. The van der Waals surface area contributed by atoms with Crippen molar-refractivity contribution < 1.29 is 14.1 Å². The normalized spacial score (nSPS) is 11.9. The molecule has 0 unspecified atom stereocenters. The summed E-state index contributed by atoms with van der Waals surface area (Å²) in [6.07, 6.45) is 1.52. The molecule has 20 heavy (non-hydrogen) atoms. The number of nitrogens with two attached hydrogens (primary N) is 1. The molecule has 0 aliphatic carbocycles. The maximum absolute atomic E-state index is 13.4. The smallest absolute Gasteiger partial charge is 0.305 e. The van der Waals surface area contributed by atoms with Gasteiger partial charge < -0.3 is 10.5 Å². The van der Waals surface area contributed by atoms with E-state index in [4.69, 9.17) is 10.5 Å². The Morgan fingerprint density at radius 2 is 2.15 bits per heavy atom. The number of hydrogen-bond donors (Lipinski definition) is 1. The monoisotopic (exact) mass is 277 g/mol. The van der Waals surface area contributed by atoms with Crippen molar-refractivity contribution in [2.24, 2.45) is 5.73 Å². The number of rotatable bonds is 4. The minimum absolute atomic E-state index is 0.127. The molecule has 2 aromatic rings. The Hall–Kier alpha value is -2.54. The molecule has 0 bridgehead atoms. The van der Waals surface area contributed by atoms with Crippen molar-refractivity contribution in [1.29, 1.82) is 0 Å². The summed E-state index contributed by atoms with van der Waals surface area (Å²) in [5, 5.41) is 10.5. The average molecular weight is 277 g/mol. The summed E-state index contributed by atoms with van der Waals surface area (Å²) in [6, 6.07) is 6.48. The first-order valence-corrected chi connectivity index (χ1v) is 5.80. The average Bonchev–Trinajstić information content (AvgIpc) is 2.38. The molecule has 2 rings (SSSR count). The summed E-state index contributed by atoms with van der Waals surface area (Å²) in [7, 11) is 0. The van der Waals surface area contributed by atoms with Crippen molar-refractivity contribution in [3.05, 3.63) is 58.0 Å². The van der Waals surface area contributed by atoms with E-state index in [9.17, 15) is 14.5 Å². The van der Waals surface area contributed by atoms with E-state index in [2.05, 4.69) is 4.98 Å². The summed E-state index contributed by atoms with van der Waals surface area (Å²) in [6.45, 7) is 1.81. The van der Waals surface area contributed by atoms with Gasteiger partial charge in [-0.2, -0.15) is 4.39 Å². The predicted octanol–water partition coefficient (Wildman–Crippen LogP) is 2.94. The number of hydrogen-bond acceptors (Lipinski definition) is 5. The molecule has 0 aliphatic heterocycles. The van der Waals surface area contributed by atoms with Gasteiger partial charge in [-0.25, -0.2) is 4.98 Å². The van der Waals surface area contributed by atoms with Crippen LogP contribution >= 0.6 is 0 Å². The lowest BCUT2D eigenvalue weighted by molar-refractivity contribution is -0.387. The summed E-state index contributed by atoms with van der Waals surface area (Å²) in [5.74, 6) is -0.591. The first kappa shape index (κ1) is 13.9. The van der Waals surface area contributed by atoms with Crippen molar-refractivity contribution in [2.45, 2.75) is 13.0 Å². The largest absolute Gasteiger partial charge is 0.439 e. The molecule has 0 radical (unpaired) electrons. The van der Waals surface area contributed by atoms with Gasteiger partial charge >= 0.3 is 5.69 Å². The minimum atomic E-state index is -0.962. The van der Waals surface area contributed by atoms with Crippen LogP contribution in [-0.2, 0) is 0 Å². The van der Waals surface area contributed by atoms with Crippen molar-refractivity contribution in [1.82, 2.24) is 4.98 Å². The molecule has 1 atom stereocenters. The first-order chi connectivity index (χ1) is 9.47. The Morgan fingerprint density at radius 1 is 1.40 bits per heavy atom. The van der Waals surface area contributed by atoms with Gasteiger partial charge in [-0.05, 0) is 24.6 Å². The second-order valence-corrected chi connectivity index (χ2v) is 4.19. The Labute approximate surface area is 114 Å². The van der Waals surface area contributed by atoms with Crippen molar-refractivity contribution in [3.63, 3.8) is 0 Å². The number of pyridine rings is 1. The van der Waals surface area contributed by atoms with Gasteiger partial charge in [0.25, 0.3) is 0 Å². The molecule has 0 amide bonds. The maximum atomic E-state index is 13.4. The number of ether oxygens (including phenoxy) is 1. The number of nitrogens with zero attached hydrogens (tertiary/aromatic N) is 2. The van der Waals surface area contributed by atoms with Crippen LogP contribution in [0.1, 0.15) is 18.5 Å². The molecule has 0 saturated carbocycles. The highest BCUT2D eigenvalue weighted by Gasteiger charge is 2.14. The lowest BCUT2D eigenvalue weighted by Gasteiger charge is -2.08. The summed E-state index contributed by atoms with van der Waals surface area (Å²) < 4.78 is 18.8. The molecule has 1 heterocycles. The quantitative estimate of drug-likeness (QED) is 0.685. The number of benzene rings is 1. The molecule has 1 aromatic heterocycles. The van der Waals surface area contributed by atoms with Crippen LogP contribution in [0.3, 0.4) is 0 Å². The van der Waals surface area contributed by atoms with Gasteiger partial charge in [-0.1, -0.05) is 0 Å². The molecule has 0 fully saturated rings. The van der Waals surface area contributed by atoms with Gasteiger partial charge in [0.1, 0.15) is 5.75 Å². The molecule has 0 spiro atoms. The van der Waals surface area contributed by atoms with Crippen LogP contribution in [0.5, 0.6) is 11.6 Å². The second-order valence-electron chi connectivity index (χ2n) is 4.19. The highest BCUT2D eigenvalue weighted by atomic mass is 19.1. The Kier molecular flexibility index (Phi) is 3.90. The summed E-state index contributed by atoms with van der Waals surface area (Å²) in [5.41, 5.74) is 5.95. The number of halogens is 1. The lowest BCUT2D eigenvalue weighted by Crippen LogP contribution is -2.05. The lowest BCUT2D eigenvalue weighted by atomic mass is 10.1. The van der Waals surface area contributed by atoms with Crippen LogP contribution in [0.4, 0.5) is 10.1 Å². The fourth-order valence-corrected chi connectivity index (χ4v) is 1.58. The van der Waals surface area contributed by atoms with E-state index in [0.717, 1.165) is 17.7 Å². The standard InChI is InChI=1S/C13H12FN3O3/c1-8(15)9-4-5-16-13(6-9)20-10-2-3-12(17(18)19)11(14)7-10/h2-8H,15H2,1H3/t8-/m0/s1. The van der Waals surface area contributed by atoms with Crippen molar-refractivity contribution in [3.8, 4) is 11.6 Å². The number of nitro benzene ring substituents is 1. The molecular weight excluding hydrogens is 265 g/mol. The van der Waals surface area contributed by atoms with Crippen LogP contribution < -0.4 is 10.5 Å². The zero-order chi connectivity index (χ0) is 14.7. The van der Waals surface area contributed by atoms with Gasteiger partial charge in [-0.3, -0.25) is 10.1 Å². The van der Waals surface area contributed by atoms with Gasteiger partial charge in [-0.15, -0.1) is 0 Å². The van der Waals surface area contributed by atoms with E-state index < -0.39 is 16.4 Å². The van der Waals surface area contributed by atoms with Crippen LogP contribution in [0.2, 0.25) is 0 Å². The minimum Gasteiger partial charge on any atom is -0.439 e. The Balaban J connectivity index is 2.24. The highest BCUT2D eigenvalue weighted by molar-refractivity contribution is 5.39. The van der Waals surface area contributed by atoms with E-state index in [-0.39, 0.29) is 17.7 Å². The maximum Gasteiger partial charge on any atom is 0.305 e.